The Bertz CT molecular complexity index is 434. The van der Waals surface area contributed by atoms with E-state index in [9.17, 15) is 0 Å². The van der Waals surface area contributed by atoms with Crippen molar-refractivity contribution in [2.75, 3.05) is 13.7 Å². The summed E-state index contributed by atoms with van der Waals surface area (Å²) in [5.41, 5.74) is 7.57. The van der Waals surface area contributed by atoms with Gasteiger partial charge >= 0.3 is 0 Å². The van der Waals surface area contributed by atoms with Gasteiger partial charge in [0.15, 0.2) is 0 Å². The molecule has 0 aliphatic heterocycles. The molecule has 0 bridgehead atoms. The first-order valence-corrected chi connectivity index (χ1v) is 4.60. The molecule has 2 rings (SSSR count). The van der Waals surface area contributed by atoms with Crippen molar-refractivity contribution >= 4 is 11.0 Å². The van der Waals surface area contributed by atoms with Gasteiger partial charge in [-0.05, 0) is 31.2 Å². The third-order valence-electron chi connectivity index (χ3n) is 2.32. The number of hydrogen-bond acceptors (Lipinski definition) is 3. The first-order chi connectivity index (χ1) is 6.86. The van der Waals surface area contributed by atoms with E-state index in [1.165, 1.54) is 0 Å². The highest BCUT2D eigenvalue weighted by Crippen LogP contribution is 2.28. The summed E-state index contributed by atoms with van der Waals surface area (Å²) in [6.07, 6.45) is 2.49. The van der Waals surface area contributed by atoms with Crippen LogP contribution in [0, 0.1) is 0 Å². The highest BCUT2D eigenvalue weighted by atomic mass is 16.5. The first kappa shape index (κ1) is 9.09. The van der Waals surface area contributed by atoms with Crippen LogP contribution >= 0.6 is 0 Å². The van der Waals surface area contributed by atoms with Crippen molar-refractivity contribution in [3.63, 3.8) is 0 Å². The average Bonchev–Trinajstić information content (AvgIpc) is 2.67. The molecule has 0 amide bonds. The minimum Gasteiger partial charge on any atom is -0.496 e. The maximum absolute atomic E-state index is 5.56. The maximum Gasteiger partial charge on any atom is 0.134 e. The van der Waals surface area contributed by atoms with Crippen LogP contribution in [0.25, 0.3) is 11.0 Å². The molecule has 0 unspecified atom stereocenters. The van der Waals surface area contributed by atoms with Gasteiger partial charge in [0.1, 0.15) is 11.3 Å². The Balaban J connectivity index is 2.62. The lowest BCUT2D eigenvalue weighted by Gasteiger charge is -2.07. The second-order valence-corrected chi connectivity index (χ2v) is 3.12. The van der Waals surface area contributed by atoms with Crippen molar-refractivity contribution in [3.8, 4) is 5.75 Å². The number of fused-ring (bicyclic) bond motifs is 1. The minimum atomic E-state index is 0.612. The predicted molar refractivity (Wildman–Crippen MR) is 55.5 cm³/mol. The number of ether oxygens (including phenoxy) is 1. The minimum absolute atomic E-state index is 0.612. The summed E-state index contributed by atoms with van der Waals surface area (Å²) >= 11 is 0. The van der Waals surface area contributed by atoms with Gasteiger partial charge in [-0.25, -0.2) is 0 Å². The molecule has 1 aromatic carbocycles. The van der Waals surface area contributed by atoms with Crippen LogP contribution in [0.3, 0.4) is 0 Å². The smallest absolute Gasteiger partial charge is 0.134 e. The Morgan fingerprint density at radius 2 is 2.21 bits per heavy atom. The lowest BCUT2D eigenvalue weighted by molar-refractivity contribution is 0.410. The van der Waals surface area contributed by atoms with Crippen molar-refractivity contribution < 1.29 is 9.15 Å². The van der Waals surface area contributed by atoms with Gasteiger partial charge in [0.25, 0.3) is 0 Å². The van der Waals surface area contributed by atoms with E-state index in [0.717, 1.165) is 28.7 Å². The molecule has 2 aromatic rings. The molecular formula is C11H13NO2. The highest BCUT2D eigenvalue weighted by Gasteiger charge is 2.08. The fourth-order valence-corrected chi connectivity index (χ4v) is 1.68. The Labute approximate surface area is 82.5 Å². The van der Waals surface area contributed by atoms with Crippen molar-refractivity contribution in [1.29, 1.82) is 0 Å². The number of benzene rings is 1. The largest absolute Gasteiger partial charge is 0.496 e. The van der Waals surface area contributed by atoms with Crippen molar-refractivity contribution in [2.45, 2.75) is 6.42 Å². The molecule has 0 atom stereocenters. The zero-order valence-corrected chi connectivity index (χ0v) is 8.12. The fourth-order valence-electron chi connectivity index (χ4n) is 1.68. The van der Waals surface area contributed by atoms with Crippen molar-refractivity contribution in [2.24, 2.45) is 5.73 Å². The lowest BCUT2D eigenvalue weighted by atomic mass is 10.1. The molecule has 1 aromatic heterocycles. The SMILES string of the molecule is COc1ccc2occc2c1CCN. The molecule has 1 heterocycles. The number of rotatable bonds is 3. The fraction of sp³-hybridized carbons (Fsp3) is 0.273. The standard InChI is InChI=1S/C11H13NO2/c1-13-10-2-3-11-9(5-7-14-11)8(10)4-6-12/h2-3,5,7H,4,6,12H2,1H3. The lowest BCUT2D eigenvalue weighted by Crippen LogP contribution is -2.04. The summed E-state index contributed by atoms with van der Waals surface area (Å²) in [4.78, 5) is 0. The van der Waals surface area contributed by atoms with E-state index in [-0.39, 0.29) is 0 Å². The van der Waals surface area contributed by atoms with Gasteiger partial charge in [-0.15, -0.1) is 0 Å². The molecule has 2 N–H and O–H groups in total. The Hall–Kier alpha value is -1.48. The maximum atomic E-state index is 5.56. The summed E-state index contributed by atoms with van der Waals surface area (Å²) in [6.45, 7) is 0.612. The van der Waals surface area contributed by atoms with Gasteiger partial charge in [0, 0.05) is 10.9 Å². The Morgan fingerprint density at radius 3 is 2.93 bits per heavy atom. The topological polar surface area (TPSA) is 48.4 Å². The second-order valence-electron chi connectivity index (χ2n) is 3.12. The summed E-state index contributed by atoms with van der Waals surface area (Å²) in [5, 5.41) is 1.09. The van der Waals surface area contributed by atoms with Crippen LogP contribution in [0.5, 0.6) is 5.75 Å². The van der Waals surface area contributed by atoms with Gasteiger partial charge in [0.05, 0.1) is 13.4 Å². The van der Waals surface area contributed by atoms with Gasteiger partial charge in [-0.3, -0.25) is 0 Å². The van der Waals surface area contributed by atoms with Gasteiger partial charge in [-0.2, -0.15) is 0 Å². The summed E-state index contributed by atoms with van der Waals surface area (Å²) < 4.78 is 10.6. The van der Waals surface area contributed by atoms with Crippen molar-refractivity contribution in [3.05, 3.63) is 30.0 Å². The molecule has 0 aliphatic carbocycles. The van der Waals surface area contributed by atoms with Crippen LogP contribution in [-0.4, -0.2) is 13.7 Å². The van der Waals surface area contributed by atoms with Crippen LogP contribution in [0.1, 0.15) is 5.56 Å². The van der Waals surface area contributed by atoms with Crippen LogP contribution in [0.4, 0.5) is 0 Å². The zero-order chi connectivity index (χ0) is 9.97. The average molecular weight is 191 g/mol. The van der Waals surface area contributed by atoms with Crippen LogP contribution in [-0.2, 0) is 6.42 Å². The molecule has 74 valence electrons. The van der Waals surface area contributed by atoms with Crippen LogP contribution in [0.15, 0.2) is 28.9 Å². The number of nitrogens with two attached hydrogens (primary N) is 1. The molecule has 3 heteroatoms. The normalized spacial score (nSPS) is 10.7. The van der Waals surface area contributed by atoms with Crippen LogP contribution < -0.4 is 10.5 Å². The van der Waals surface area contributed by atoms with E-state index in [2.05, 4.69) is 0 Å². The molecule has 14 heavy (non-hydrogen) atoms. The first-order valence-electron chi connectivity index (χ1n) is 4.60. The highest BCUT2D eigenvalue weighted by molar-refractivity contribution is 5.83. The van der Waals surface area contributed by atoms with Crippen LogP contribution in [0.2, 0.25) is 0 Å². The predicted octanol–water partition coefficient (Wildman–Crippen LogP) is 1.94. The molecule has 0 saturated carbocycles. The molecular weight excluding hydrogens is 178 g/mol. The number of methoxy groups -OCH3 is 1. The summed E-state index contributed by atoms with van der Waals surface area (Å²) in [7, 11) is 1.67. The quantitative estimate of drug-likeness (QED) is 0.806. The summed E-state index contributed by atoms with van der Waals surface area (Å²) in [5.74, 6) is 0.879. The molecule has 0 saturated heterocycles. The molecule has 0 radical (unpaired) electrons. The third kappa shape index (κ3) is 1.36. The van der Waals surface area contributed by atoms with Gasteiger partial charge < -0.3 is 14.9 Å². The molecule has 0 aliphatic rings. The van der Waals surface area contributed by atoms with E-state index in [1.807, 2.05) is 18.2 Å². The third-order valence-corrected chi connectivity index (χ3v) is 2.32. The van der Waals surface area contributed by atoms with Gasteiger partial charge in [-0.1, -0.05) is 0 Å². The van der Waals surface area contributed by atoms with E-state index in [1.54, 1.807) is 13.4 Å². The summed E-state index contributed by atoms with van der Waals surface area (Å²) in [6, 6.07) is 5.77. The van der Waals surface area contributed by atoms with E-state index in [4.69, 9.17) is 14.9 Å². The molecule has 0 spiro atoms. The van der Waals surface area contributed by atoms with Crippen molar-refractivity contribution in [1.82, 2.24) is 0 Å². The molecule has 0 fully saturated rings. The van der Waals surface area contributed by atoms with E-state index >= 15 is 0 Å². The van der Waals surface area contributed by atoms with E-state index in [0.29, 0.717) is 6.54 Å². The second kappa shape index (κ2) is 3.72. The monoisotopic (exact) mass is 191 g/mol. The van der Waals surface area contributed by atoms with E-state index < -0.39 is 0 Å². The Kier molecular flexibility index (Phi) is 2.41. The zero-order valence-electron chi connectivity index (χ0n) is 8.12. The molecule has 3 nitrogen and oxygen atoms in total. The Morgan fingerprint density at radius 1 is 1.36 bits per heavy atom. The van der Waals surface area contributed by atoms with Gasteiger partial charge in [0.2, 0.25) is 0 Å². The number of hydrogen-bond donors (Lipinski definition) is 1. The number of furan rings is 1.